The summed E-state index contributed by atoms with van der Waals surface area (Å²) in [4.78, 5) is 30.7. The van der Waals surface area contributed by atoms with Gasteiger partial charge in [0.1, 0.15) is 12.7 Å². The lowest BCUT2D eigenvalue weighted by atomic mass is 10.1. The minimum absolute atomic E-state index is 0.147. The lowest BCUT2D eigenvalue weighted by Gasteiger charge is -2.26. The van der Waals surface area contributed by atoms with E-state index in [2.05, 4.69) is 55.1 Å². The monoisotopic (exact) mass is 530 g/mol. The quantitative estimate of drug-likeness (QED) is 0.140. The smallest absolute Gasteiger partial charge is 0.407 e. The van der Waals surface area contributed by atoms with Gasteiger partial charge in [0.2, 0.25) is 0 Å². The maximum atomic E-state index is 12.2. The highest BCUT2D eigenvalue weighted by atomic mass is 16.6. The Labute approximate surface area is 227 Å². The fraction of sp³-hybridized carbons (Fsp3) is 0.929. The van der Waals surface area contributed by atoms with Crippen molar-refractivity contribution < 1.29 is 23.8 Å². The zero-order valence-electron chi connectivity index (χ0n) is 24.9. The summed E-state index contributed by atoms with van der Waals surface area (Å²) in [6.45, 7) is 11.1. The first-order chi connectivity index (χ1) is 17.7. The molecular weight excluding hydrogens is 472 g/mol. The van der Waals surface area contributed by atoms with Gasteiger partial charge in [-0.1, -0.05) is 32.6 Å². The number of alkyl carbamates (subject to hydrolysis) is 1. The van der Waals surface area contributed by atoms with Crippen LogP contribution in [0, 0.1) is 0 Å². The molecule has 0 aliphatic rings. The molecule has 0 bridgehead atoms. The van der Waals surface area contributed by atoms with Gasteiger partial charge in [-0.25, -0.2) is 4.79 Å². The van der Waals surface area contributed by atoms with E-state index in [1.54, 1.807) is 0 Å². The number of hydrogen-bond acceptors (Lipinski definition) is 8. The molecule has 0 aliphatic heterocycles. The predicted octanol–water partition coefficient (Wildman–Crippen LogP) is 4.01. The number of nitrogens with one attached hydrogen (secondary N) is 1. The van der Waals surface area contributed by atoms with E-state index in [-0.39, 0.29) is 18.2 Å². The van der Waals surface area contributed by atoms with Crippen molar-refractivity contribution in [2.24, 2.45) is 0 Å². The minimum Gasteiger partial charge on any atom is -0.463 e. The van der Waals surface area contributed by atoms with Crippen LogP contribution < -0.4 is 5.32 Å². The van der Waals surface area contributed by atoms with Gasteiger partial charge in [-0.3, -0.25) is 9.69 Å². The van der Waals surface area contributed by atoms with Crippen molar-refractivity contribution in [1.29, 1.82) is 0 Å². The van der Waals surface area contributed by atoms with Gasteiger partial charge in [0.15, 0.2) is 0 Å². The summed E-state index contributed by atoms with van der Waals surface area (Å²) >= 11 is 0. The van der Waals surface area contributed by atoms with E-state index in [0.29, 0.717) is 26.2 Å². The second-order valence-corrected chi connectivity index (χ2v) is 10.5. The first-order valence-corrected chi connectivity index (χ1v) is 14.4. The number of rotatable bonds is 25. The molecule has 0 rings (SSSR count). The molecule has 9 heteroatoms. The number of ether oxygens (including phenoxy) is 3. The number of carbonyl (C=O) groups excluding carboxylic acids is 2. The maximum absolute atomic E-state index is 12.2. The van der Waals surface area contributed by atoms with Crippen molar-refractivity contribution in [2.45, 2.75) is 84.2 Å². The molecule has 0 aromatic heterocycles. The van der Waals surface area contributed by atoms with Crippen LogP contribution in [0.25, 0.3) is 0 Å². The van der Waals surface area contributed by atoms with E-state index in [1.165, 1.54) is 0 Å². The Hall–Kier alpha value is -1.42. The van der Waals surface area contributed by atoms with E-state index >= 15 is 0 Å². The van der Waals surface area contributed by atoms with Crippen LogP contribution in [0.15, 0.2) is 0 Å². The first kappa shape index (κ1) is 35.6. The van der Waals surface area contributed by atoms with Crippen molar-refractivity contribution >= 4 is 12.1 Å². The third-order valence-corrected chi connectivity index (χ3v) is 5.94. The van der Waals surface area contributed by atoms with Crippen molar-refractivity contribution in [3.05, 3.63) is 0 Å². The van der Waals surface area contributed by atoms with Crippen LogP contribution in [0.3, 0.4) is 0 Å². The number of amides is 1. The van der Waals surface area contributed by atoms with Crippen LogP contribution in [0.1, 0.15) is 78.1 Å². The summed E-state index contributed by atoms with van der Waals surface area (Å²) in [6.07, 6.45) is 9.09. The summed E-state index contributed by atoms with van der Waals surface area (Å²) in [5.74, 6) is -0.147. The van der Waals surface area contributed by atoms with E-state index in [0.717, 1.165) is 97.1 Å². The largest absolute Gasteiger partial charge is 0.463 e. The minimum atomic E-state index is -0.338. The third-order valence-electron chi connectivity index (χ3n) is 5.94. The second-order valence-electron chi connectivity index (χ2n) is 10.5. The Morgan fingerprint density at radius 3 is 2.00 bits per heavy atom. The Morgan fingerprint density at radius 2 is 1.38 bits per heavy atom. The molecule has 0 fully saturated rings. The van der Waals surface area contributed by atoms with Gasteiger partial charge in [0, 0.05) is 26.1 Å². The Kier molecular flexibility index (Phi) is 23.9. The highest BCUT2D eigenvalue weighted by Crippen LogP contribution is 2.06. The van der Waals surface area contributed by atoms with Crippen LogP contribution in [0.2, 0.25) is 0 Å². The molecule has 1 atom stereocenters. The molecule has 0 aliphatic carbocycles. The molecule has 0 saturated heterocycles. The fourth-order valence-corrected chi connectivity index (χ4v) is 3.89. The van der Waals surface area contributed by atoms with Gasteiger partial charge in [0.25, 0.3) is 0 Å². The Morgan fingerprint density at radius 1 is 0.757 bits per heavy atom. The van der Waals surface area contributed by atoms with Gasteiger partial charge in [-0.2, -0.15) is 0 Å². The number of unbranched alkanes of at least 4 members (excludes halogenated alkanes) is 5. The number of esters is 1. The van der Waals surface area contributed by atoms with Crippen LogP contribution in [-0.4, -0.2) is 120 Å². The summed E-state index contributed by atoms with van der Waals surface area (Å²) in [7, 11) is 8.38. The number of carbonyl (C=O) groups is 2. The van der Waals surface area contributed by atoms with Crippen LogP contribution in [0.4, 0.5) is 4.79 Å². The molecule has 1 N–H and O–H groups in total. The van der Waals surface area contributed by atoms with Gasteiger partial charge < -0.3 is 29.3 Å². The summed E-state index contributed by atoms with van der Waals surface area (Å²) < 4.78 is 16.1. The molecule has 1 amide bonds. The maximum Gasteiger partial charge on any atom is 0.407 e. The van der Waals surface area contributed by atoms with Crippen molar-refractivity contribution in [2.75, 3.05) is 87.3 Å². The van der Waals surface area contributed by atoms with Crippen molar-refractivity contribution in [3.63, 3.8) is 0 Å². The molecule has 0 heterocycles. The third kappa shape index (κ3) is 26.0. The molecule has 0 aromatic rings. The summed E-state index contributed by atoms with van der Waals surface area (Å²) in [6, 6.07) is 0. The molecule has 9 nitrogen and oxygen atoms in total. The molecule has 0 radical (unpaired) electrons. The fourth-order valence-electron chi connectivity index (χ4n) is 3.89. The molecule has 0 saturated carbocycles. The van der Waals surface area contributed by atoms with Crippen LogP contribution in [0.5, 0.6) is 0 Å². The van der Waals surface area contributed by atoms with E-state index < -0.39 is 0 Å². The molecule has 0 aromatic carbocycles. The highest BCUT2D eigenvalue weighted by molar-refractivity contribution is 5.69. The van der Waals surface area contributed by atoms with Gasteiger partial charge in [-0.05, 0) is 93.4 Å². The Bertz CT molecular complexity index is 535. The van der Waals surface area contributed by atoms with E-state index in [4.69, 9.17) is 14.2 Å². The molecule has 37 heavy (non-hydrogen) atoms. The zero-order valence-corrected chi connectivity index (χ0v) is 24.9. The number of hydrogen-bond donors (Lipinski definition) is 1. The second kappa shape index (κ2) is 24.9. The zero-order chi connectivity index (χ0) is 27.7. The molecule has 220 valence electrons. The van der Waals surface area contributed by atoms with Crippen LogP contribution in [-0.2, 0) is 19.0 Å². The van der Waals surface area contributed by atoms with Gasteiger partial charge in [0.05, 0.1) is 6.61 Å². The topological polar surface area (TPSA) is 83.6 Å². The molecular formula is C28H58N4O5. The summed E-state index contributed by atoms with van der Waals surface area (Å²) in [5, 5.41) is 2.87. The van der Waals surface area contributed by atoms with Crippen LogP contribution >= 0.6 is 0 Å². The van der Waals surface area contributed by atoms with Gasteiger partial charge in [-0.15, -0.1) is 0 Å². The lowest BCUT2D eigenvalue weighted by Crippen LogP contribution is -2.38. The summed E-state index contributed by atoms with van der Waals surface area (Å²) in [5.41, 5.74) is 0. The van der Waals surface area contributed by atoms with Crippen molar-refractivity contribution in [3.8, 4) is 0 Å². The first-order valence-electron chi connectivity index (χ1n) is 14.4. The standard InChI is InChI=1S/C28H58N4O5/c1-7-8-22-35-23-24-36-27(33)16-12-10-9-11-13-17-29-28(34)37-26(2)25-32(20-14-18-30(3)4)21-15-19-31(5)6/h26H,7-25H2,1-6H3,(H,29,34). The van der Waals surface area contributed by atoms with E-state index in [9.17, 15) is 9.59 Å². The van der Waals surface area contributed by atoms with Gasteiger partial charge >= 0.3 is 12.1 Å². The Balaban J connectivity index is 3.85. The van der Waals surface area contributed by atoms with E-state index in [1.807, 2.05) is 6.92 Å². The van der Waals surface area contributed by atoms with Crippen molar-refractivity contribution in [1.82, 2.24) is 20.0 Å². The average molecular weight is 531 g/mol. The molecule has 1 unspecified atom stereocenters. The normalized spacial score (nSPS) is 12.4. The molecule has 0 spiro atoms. The SMILES string of the molecule is CCCCOCCOC(=O)CCCCCCCNC(=O)OC(C)CN(CCCN(C)C)CCCN(C)C. The number of nitrogens with zero attached hydrogens (tertiary/aromatic N) is 3. The average Bonchev–Trinajstić information content (AvgIpc) is 2.82. The highest BCUT2D eigenvalue weighted by Gasteiger charge is 2.14. The predicted molar refractivity (Wildman–Crippen MR) is 151 cm³/mol. The lowest BCUT2D eigenvalue weighted by molar-refractivity contribution is -0.145.